The summed E-state index contributed by atoms with van der Waals surface area (Å²) in [5.74, 6) is -0.142. The fourth-order valence-corrected chi connectivity index (χ4v) is 3.11. The lowest BCUT2D eigenvalue weighted by atomic mass is 10.0. The summed E-state index contributed by atoms with van der Waals surface area (Å²) in [7, 11) is 0. The molecule has 126 valence electrons. The molecule has 3 rings (SSSR count). The molecule has 2 aromatic carbocycles. The Morgan fingerprint density at radius 1 is 1.04 bits per heavy atom. The van der Waals surface area contributed by atoms with Gasteiger partial charge in [0.2, 0.25) is 0 Å². The first-order valence-electron chi connectivity index (χ1n) is 7.92. The SMILES string of the molecule is C/C=C\c1c(C)ccn1-c1ccc(C(=O)c2cc(Cl)ccc2Cl)cc1. The minimum atomic E-state index is -0.142. The van der Waals surface area contributed by atoms with E-state index in [1.807, 2.05) is 43.5 Å². The highest BCUT2D eigenvalue weighted by Gasteiger charge is 2.14. The number of aromatic nitrogens is 1. The first-order chi connectivity index (χ1) is 12.0. The lowest BCUT2D eigenvalue weighted by Crippen LogP contribution is -2.03. The topological polar surface area (TPSA) is 22.0 Å². The molecule has 0 atom stereocenters. The van der Waals surface area contributed by atoms with Gasteiger partial charge in [-0.15, -0.1) is 0 Å². The summed E-state index contributed by atoms with van der Waals surface area (Å²) >= 11 is 12.1. The van der Waals surface area contributed by atoms with Crippen molar-refractivity contribution in [2.24, 2.45) is 0 Å². The Hall–Kier alpha value is -2.29. The van der Waals surface area contributed by atoms with Crippen LogP contribution < -0.4 is 0 Å². The van der Waals surface area contributed by atoms with E-state index in [1.54, 1.807) is 18.2 Å². The van der Waals surface area contributed by atoms with E-state index in [1.165, 1.54) is 5.56 Å². The second kappa shape index (κ2) is 7.30. The number of hydrogen-bond donors (Lipinski definition) is 0. The van der Waals surface area contributed by atoms with Gasteiger partial charge in [-0.1, -0.05) is 29.3 Å². The summed E-state index contributed by atoms with van der Waals surface area (Å²) in [6, 6.07) is 14.4. The van der Waals surface area contributed by atoms with E-state index in [4.69, 9.17) is 23.2 Å². The van der Waals surface area contributed by atoms with Crippen LogP contribution in [0.4, 0.5) is 0 Å². The molecular formula is C21H17Cl2NO. The minimum absolute atomic E-state index is 0.142. The van der Waals surface area contributed by atoms with E-state index >= 15 is 0 Å². The molecule has 0 spiro atoms. The van der Waals surface area contributed by atoms with E-state index in [9.17, 15) is 4.79 Å². The molecule has 3 aromatic rings. The molecule has 1 aromatic heterocycles. The summed E-state index contributed by atoms with van der Waals surface area (Å²) in [5.41, 5.74) is 4.30. The monoisotopic (exact) mass is 369 g/mol. The smallest absolute Gasteiger partial charge is 0.194 e. The molecule has 25 heavy (non-hydrogen) atoms. The van der Waals surface area contributed by atoms with Crippen molar-refractivity contribution in [3.63, 3.8) is 0 Å². The number of carbonyl (C=O) groups is 1. The fourth-order valence-electron chi connectivity index (χ4n) is 2.74. The minimum Gasteiger partial charge on any atom is -0.317 e. The third-order valence-electron chi connectivity index (χ3n) is 4.04. The third kappa shape index (κ3) is 3.55. The zero-order valence-electron chi connectivity index (χ0n) is 14.0. The van der Waals surface area contributed by atoms with Gasteiger partial charge in [-0.2, -0.15) is 0 Å². The summed E-state index contributed by atoms with van der Waals surface area (Å²) in [6.45, 7) is 4.07. The van der Waals surface area contributed by atoms with Crippen LogP contribution in [0.3, 0.4) is 0 Å². The Kier molecular flexibility index (Phi) is 5.12. The second-order valence-electron chi connectivity index (χ2n) is 5.75. The van der Waals surface area contributed by atoms with Crippen molar-refractivity contribution >= 4 is 35.1 Å². The second-order valence-corrected chi connectivity index (χ2v) is 6.60. The van der Waals surface area contributed by atoms with Crippen molar-refractivity contribution in [2.45, 2.75) is 13.8 Å². The van der Waals surface area contributed by atoms with Crippen LogP contribution in [-0.4, -0.2) is 10.4 Å². The van der Waals surface area contributed by atoms with Crippen LogP contribution in [0.1, 0.15) is 34.1 Å². The molecule has 0 saturated carbocycles. The summed E-state index contributed by atoms with van der Waals surface area (Å²) < 4.78 is 2.09. The van der Waals surface area contributed by atoms with Crippen molar-refractivity contribution < 1.29 is 4.79 Å². The van der Waals surface area contributed by atoms with Crippen molar-refractivity contribution in [3.05, 3.63) is 93.2 Å². The summed E-state index contributed by atoms with van der Waals surface area (Å²) in [5, 5.41) is 0.887. The molecule has 0 unspecified atom stereocenters. The van der Waals surface area contributed by atoms with E-state index in [2.05, 4.69) is 23.6 Å². The van der Waals surface area contributed by atoms with Gasteiger partial charge in [0.25, 0.3) is 0 Å². The first-order valence-corrected chi connectivity index (χ1v) is 8.67. The number of halogens is 2. The largest absolute Gasteiger partial charge is 0.317 e. The maximum atomic E-state index is 12.7. The van der Waals surface area contributed by atoms with Crippen molar-refractivity contribution in [2.75, 3.05) is 0 Å². The van der Waals surface area contributed by atoms with Gasteiger partial charge in [0, 0.05) is 33.7 Å². The lowest BCUT2D eigenvalue weighted by molar-refractivity contribution is 0.103. The average Bonchev–Trinajstić information content (AvgIpc) is 2.98. The van der Waals surface area contributed by atoms with Crippen LogP contribution in [0, 0.1) is 6.92 Å². The Balaban J connectivity index is 1.95. The number of ketones is 1. The average molecular weight is 370 g/mol. The van der Waals surface area contributed by atoms with Gasteiger partial charge in [0.05, 0.1) is 5.02 Å². The van der Waals surface area contributed by atoms with Crippen LogP contribution >= 0.6 is 23.2 Å². The zero-order valence-corrected chi connectivity index (χ0v) is 15.5. The molecule has 0 radical (unpaired) electrons. The highest BCUT2D eigenvalue weighted by Crippen LogP contribution is 2.24. The molecule has 0 amide bonds. The van der Waals surface area contributed by atoms with Crippen molar-refractivity contribution in [1.29, 1.82) is 0 Å². The van der Waals surface area contributed by atoms with Crippen LogP contribution in [0.15, 0.2) is 60.8 Å². The lowest BCUT2D eigenvalue weighted by Gasteiger charge is -2.09. The van der Waals surface area contributed by atoms with Gasteiger partial charge >= 0.3 is 0 Å². The number of hydrogen-bond acceptors (Lipinski definition) is 1. The fraction of sp³-hybridized carbons (Fsp3) is 0.0952. The summed E-state index contributed by atoms with van der Waals surface area (Å²) in [6.07, 6.45) is 6.10. The zero-order chi connectivity index (χ0) is 18.0. The standard InChI is InChI=1S/C21H17Cl2NO/c1-3-4-20-14(2)11-12-24(20)17-8-5-15(6-9-17)21(25)18-13-16(22)7-10-19(18)23/h3-13H,1-2H3/b4-3-. The Labute approximate surface area is 157 Å². The first kappa shape index (κ1) is 17.5. The number of benzene rings is 2. The molecule has 0 N–H and O–H groups in total. The van der Waals surface area contributed by atoms with Gasteiger partial charge in [-0.3, -0.25) is 4.79 Å². The summed E-state index contributed by atoms with van der Waals surface area (Å²) in [4.78, 5) is 12.7. The molecule has 0 bridgehead atoms. The van der Waals surface area contributed by atoms with E-state index in [0.29, 0.717) is 21.2 Å². The van der Waals surface area contributed by atoms with Gasteiger partial charge in [-0.25, -0.2) is 0 Å². The number of carbonyl (C=O) groups excluding carboxylic acids is 1. The van der Waals surface area contributed by atoms with Gasteiger partial charge in [-0.05, 0) is 74.0 Å². The number of nitrogens with zero attached hydrogens (tertiary/aromatic N) is 1. The van der Waals surface area contributed by atoms with Gasteiger partial charge in [0.15, 0.2) is 5.78 Å². The Bertz CT molecular complexity index is 953. The molecule has 2 nitrogen and oxygen atoms in total. The van der Waals surface area contributed by atoms with Crippen LogP contribution in [0.2, 0.25) is 10.0 Å². The normalized spacial score (nSPS) is 11.2. The highest BCUT2D eigenvalue weighted by atomic mass is 35.5. The van der Waals surface area contributed by atoms with Crippen LogP contribution in [0.25, 0.3) is 11.8 Å². The van der Waals surface area contributed by atoms with Gasteiger partial charge in [0.1, 0.15) is 0 Å². The maximum absolute atomic E-state index is 12.7. The quantitative estimate of drug-likeness (QED) is 0.490. The van der Waals surface area contributed by atoms with Crippen LogP contribution in [0.5, 0.6) is 0 Å². The molecule has 0 aliphatic rings. The predicted octanol–water partition coefficient (Wildman–Crippen LogP) is 6.36. The molecule has 0 aliphatic heterocycles. The predicted molar refractivity (Wildman–Crippen MR) is 105 cm³/mol. The van der Waals surface area contributed by atoms with Gasteiger partial charge < -0.3 is 4.57 Å². The molecular weight excluding hydrogens is 353 g/mol. The molecule has 0 saturated heterocycles. The molecule has 4 heteroatoms. The number of allylic oxidation sites excluding steroid dienone is 1. The number of aryl methyl sites for hydroxylation is 1. The maximum Gasteiger partial charge on any atom is 0.194 e. The van der Waals surface area contributed by atoms with E-state index in [-0.39, 0.29) is 5.78 Å². The van der Waals surface area contributed by atoms with E-state index < -0.39 is 0 Å². The van der Waals surface area contributed by atoms with Crippen molar-refractivity contribution in [3.8, 4) is 5.69 Å². The highest BCUT2D eigenvalue weighted by molar-refractivity contribution is 6.36. The molecule has 0 aliphatic carbocycles. The molecule has 0 fully saturated rings. The Morgan fingerprint density at radius 2 is 1.76 bits per heavy atom. The van der Waals surface area contributed by atoms with Crippen LogP contribution in [-0.2, 0) is 0 Å². The third-order valence-corrected chi connectivity index (χ3v) is 4.61. The van der Waals surface area contributed by atoms with E-state index in [0.717, 1.165) is 11.4 Å². The molecule has 1 heterocycles. The van der Waals surface area contributed by atoms with Crippen molar-refractivity contribution in [1.82, 2.24) is 4.57 Å². The Morgan fingerprint density at radius 3 is 2.44 bits per heavy atom. The number of rotatable bonds is 4.